The lowest BCUT2D eigenvalue weighted by Gasteiger charge is -2.38. The minimum Gasteiger partial charge on any atom is -0.369 e. The van der Waals surface area contributed by atoms with E-state index in [1.807, 2.05) is 24.3 Å². The Hall–Kier alpha value is -1.84. The number of nitrogens with zero attached hydrogens (tertiary/aromatic N) is 3. The Kier molecular flexibility index (Phi) is 8.64. The van der Waals surface area contributed by atoms with Gasteiger partial charge in [0.05, 0.1) is 10.0 Å². The Morgan fingerprint density at radius 1 is 1.06 bits per heavy atom. The minimum absolute atomic E-state index is 0.00677. The van der Waals surface area contributed by atoms with Gasteiger partial charge in [-0.3, -0.25) is 9.69 Å². The zero-order valence-electron chi connectivity index (χ0n) is 19.1. The second-order valence-electron chi connectivity index (χ2n) is 8.34. The zero-order chi connectivity index (χ0) is 24.2. The van der Waals surface area contributed by atoms with Crippen LogP contribution < -0.4 is 10.2 Å². The van der Waals surface area contributed by atoms with Crippen molar-refractivity contribution in [2.45, 2.75) is 31.2 Å². The third-order valence-electron chi connectivity index (χ3n) is 5.82. The lowest BCUT2D eigenvalue weighted by atomic mass is 10.2. The fraction of sp³-hybridized carbons (Fsp3) is 0.435. The molecule has 1 N–H and O–H groups in total. The molecule has 0 bridgehead atoms. The van der Waals surface area contributed by atoms with Gasteiger partial charge in [-0.15, -0.1) is 0 Å². The molecule has 0 aromatic heterocycles. The number of amides is 1. The number of piperazine rings is 1. The molecular weight excluding hydrogens is 483 g/mol. The maximum absolute atomic E-state index is 12.8. The van der Waals surface area contributed by atoms with E-state index in [4.69, 9.17) is 23.2 Å². The Morgan fingerprint density at radius 2 is 1.70 bits per heavy atom. The maximum atomic E-state index is 12.8. The van der Waals surface area contributed by atoms with E-state index in [1.165, 1.54) is 25.2 Å². The van der Waals surface area contributed by atoms with E-state index >= 15 is 0 Å². The minimum atomic E-state index is -3.86. The van der Waals surface area contributed by atoms with Gasteiger partial charge in [-0.05, 0) is 50.2 Å². The third-order valence-corrected chi connectivity index (χ3v) is 8.65. The van der Waals surface area contributed by atoms with Crippen molar-refractivity contribution in [1.82, 2.24) is 9.21 Å². The summed E-state index contributed by atoms with van der Waals surface area (Å²) in [6.07, 6.45) is 0.00677. The third kappa shape index (κ3) is 6.39. The molecular formula is C23H30Cl2N4O3S. The van der Waals surface area contributed by atoms with Crippen molar-refractivity contribution in [1.29, 1.82) is 0 Å². The van der Waals surface area contributed by atoms with Crippen LogP contribution in [0.25, 0.3) is 0 Å². The van der Waals surface area contributed by atoms with Crippen LogP contribution in [-0.2, 0) is 14.8 Å². The number of sulfonamides is 1. The summed E-state index contributed by atoms with van der Waals surface area (Å²) in [5.74, 6) is -0.271. The second-order valence-corrected chi connectivity index (χ2v) is 11.1. The van der Waals surface area contributed by atoms with Gasteiger partial charge in [0.15, 0.2) is 0 Å². The smallest absolute Gasteiger partial charge is 0.244 e. The van der Waals surface area contributed by atoms with Crippen molar-refractivity contribution in [3.8, 4) is 0 Å². The van der Waals surface area contributed by atoms with E-state index < -0.39 is 10.0 Å². The summed E-state index contributed by atoms with van der Waals surface area (Å²) in [5.41, 5.74) is 1.80. The van der Waals surface area contributed by atoms with Crippen molar-refractivity contribution in [3.63, 3.8) is 0 Å². The first-order valence-electron chi connectivity index (χ1n) is 10.9. The van der Waals surface area contributed by atoms with Crippen LogP contribution >= 0.6 is 23.2 Å². The number of hydrogen-bond acceptors (Lipinski definition) is 5. The van der Waals surface area contributed by atoms with Crippen LogP contribution in [0.5, 0.6) is 0 Å². The molecule has 1 aliphatic rings. The molecule has 1 heterocycles. The summed E-state index contributed by atoms with van der Waals surface area (Å²) in [4.78, 5) is 17.1. The monoisotopic (exact) mass is 512 g/mol. The number of nitrogens with one attached hydrogen (secondary N) is 1. The fourth-order valence-electron chi connectivity index (χ4n) is 3.71. The predicted octanol–water partition coefficient (Wildman–Crippen LogP) is 4.17. The first-order valence-corrected chi connectivity index (χ1v) is 13.1. The van der Waals surface area contributed by atoms with Crippen molar-refractivity contribution < 1.29 is 13.2 Å². The van der Waals surface area contributed by atoms with Gasteiger partial charge < -0.3 is 10.2 Å². The van der Waals surface area contributed by atoms with Gasteiger partial charge in [-0.25, -0.2) is 12.7 Å². The molecule has 2 aromatic rings. The van der Waals surface area contributed by atoms with E-state index in [0.717, 1.165) is 36.2 Å². The molecule has 1 saturated heterocycles. The SMILES string of the molecule is CC(C)N1CCN(c2ccc(NC(=O)CCN(C)S(=O)(=O)c3cccc(Cl)c3Cl)cc2)CC1. The molecule has 1 amide bonds. The molecule has 0 spiro atoms. The molecule has 0 unspecified atom stereocenters. The second kappa shape index (κ2) is 11.1. The molecule has 2 aromatic carbocycles. The highest BCUT2D eigenvalue weighted by molar-refractivity contribution is 7.89. The van der Waals surface area contributed by atoms with Crippen LogP contribution in [0.2, 0.25) is 10.0 Å². The van der Waals surface area contributed by atoms with Crippen molar-refractivity contribution >= 4 is 50.5 Å². The Morgan fingerprint density at radius 3 is 2.30 bits per heavy atom. The van der Waals surface area contributed by atoms with Gasteiger partial charge in [-0.1, -0.05) is 29.3 Å². The average molecular weight is 513 g/mol. The standard InChI is InChI=1S/C23H30Cl2N4O3S/c1-17(2)28-13-15-29(16-14-28)19-9-7-18(8-10-19)26-22(30)11-12-27(3)33(31,32)21-6-4-5-20(24)23(21)25/h4-10,17H,11-16H2,1-3H3,(H,26,30). The fourth-order valence-corrected chi connectivity index (χ4v) is 5.61. The number of hydrogen-bond donors (Lipinski definition) is 1. The highest BCUT2D eigenvalue weighted by atomic mass is 35.5. The lowest BCUT2D eigenvalue weighted by Crippen LogP contribution is -2.48. The van der Waals surface area contributed by atoms with Gasteiger partial charge in [0.25, 0.3) is 0 Å². The molecule has 0 saturated carbocycles. The van der Waals surface area contributed by atoms with Crippen LogP contribution in [0.3, 0.4) is 0 Å². The van der Waals surface area contributed by atoms with E-state index in [0.29, 0.717) is 11.7 Å². The Labute approximate surface area is 206 Å². The summed E-state index contributed by atoms with van der Waals surface area (Å²) in [6, 6.07) is 12.7. The molecule has 1 fully saturated rings. The first kappa shape index (κ1) is 25.8. The number of anilines is 2. The maximum Gasteiger partial charge on any atom is 0.244 e. The quantitative estimate of drug-likeness (QED) is 0.574. The summed E-state index contributed by atoms with van der Waals surface area (Å²) in [5, 5.41) is 2.96. The van der Waals surface area contributed by atoms with Gasteiger partial charge >= 0.3 is 0 Å². The summed E-state index contributed by atoms with van der Waals surface area (Å²) >= 11 is 12.0. The van der Waals surface area contributed by atoms with Gasteiger partial charge in [0, 0.05) is 63.6 Å². The molecule has 0 atom stereocenters. The van der Waals surface area contributed by atoms with Crippen molar-refractivity contribution in [2.24, 2.45) is 0 Å². The van der Waals surface area contributed by atoms with Crippen LogP contribution in [0.4, 0.5) is 11.4 Å². The van der Waals surface area contributed by atoms with Gasteiger partial charge in [0.2, 0.25) is 15.9 Å². The van der Waals surface area contributed by atoms with E-state index in [9.17, 15) is 13.2 Å². The molecule has 0 radical (unpaired) electrons. The molecule has 0 aliphatic carbocycles. The highest BCUT2D eigenvalue weighted by Crippen LogP contribution is 2.30. The van der Waals surface area contributed by atoms with E-state index in [-0.39, 0.29) is 33.8 Å². The Bertz CT molecular complexity index is 1070. The molecule has 7 nitrogen and oxygen atoms in total. The van der Waals surface area contributed by atoms with Crippen molar-refractivity contribution in [2.75, 3.05) is 50.0 Å². The summed E-state index contributed by atoms with van der Waals surface area (Å²) in [6.45, 7) is 8.46. The molecule has 33 heavy (non-hydrogen) atoms. The number of carbonyl (C=O) groups excluding carboxylic acids is 1. The van der Waals surface area contributed by atoms with Gasteiger partial charge in [-0.2, -0.15) is 0 Å². The lowest BCUT2D eigenvalue weighted by molar-refractivity contribution is -0.116. The molecule has 3 rings (SSSR count). The number of halogens is 2. The Balaban J connectivity index is 1.52. The number of carbonyl (C=O) groups is 1. The summed E-state index contributed by atoms with van der Waals surface area (Å²) in [7, 11) is -2.45. The van der Waals surface area contributed by atoms with Crippen LogP contribution in [-0.4, -0.2) is 69.3 Å². The summed E-state index contributed by atoms with van der Waals surface area (Å²) < 4.78 is 26.6. The van der Waals surface area contributed by atoms with Gasteiger partial charge in [0.1, 0.15) is 4.90 Å². The molecule has 180 valence electrons. The molecule has 10 heteroatoms. The van der Waals surface area contributed by atoms with E-state index in [2.05, 4.69) is 29.0 Å². The van der Waals surface area contributed by atoms with Crippen molar-refractivity contribution in [3.05, 3.63) is 52.5 Å². The zero-order valence-corrected chi connectivity index (χ0v) is 21.4. The number of benzene rings is 2. The van der Waals surface area contributed by atoms with E-state index in [1.54, 1.807) is 0 Å². The largest absolute Gasteiger partial charge is 0.369 e. The average Bonchev–Trinajstić information content (AvgIpc) is 2.79. The van der Waals surface area contributed by atoms with Crippen LogP contribution in [0, 0.1) is 0 Å². The first-order chi connectivity index (χ1) is 15.6. The molecule has 1 aliphatic heterocycles. The highest BCUT2D eigenvalue weighted by Gasteiger charge is 2.25. The topological polar surface area (TPSA) is 73.0 Å². The normalized spacial score (nSPS) is 15.3. The predicted molar refractivity (Wildman–Crippen MR) is 135 cm³/mol. The van der Waals surface area contributed by atoms with Crippen LogP contribution in [0.1, 0.15) is 20.3 Å². The van der Waals surface area contributed by atoms with Crippen LogP contribution in [0.15, 0.2) is 47.4 Å². The number of rotatable bonds is 8.